The number of rotatable bonds is 5. The molecule has 3 heterocycles. The topological polar surface area (TPSA) is 71.0 Å². The third-order valence-electron chi connectivity index (χ3n) is 6.81. The van der Waals surface area contributed by atoms with E-state index < -0.39 is 0 Å². The molecular formula is C26H31N5O3. The van der Waals surface area contributed by atoms with Gasteiger partial charge >= 0.3 is 0 Å². The number of ether oxygens (including phenoxy) is 2. The number of piperazine rings is 1. The van der Waals surface area contributed by atoms with Gasteiger partial charge in [-0.05, 0) is 49.2 Å². The zero-order valence-electron chi connectivity index (χ0n) is 19.8. The number of methoxy groups -OCH3 is 2. The molecule has 2 saturated heterocycles. The van der Waals surface area contributed by atoms with Gasteiger partial charge in [-0.3, -0.25) is 4.79 Å². The Morgan fingerprint density at radius 3 is 2.24 bits per heavy atom. The molecule has 5 rings (SSSR count). The number of hydrogen-bond donors (Lipinski definition) is 0. The highest BCUT2D eigenvalue weighted by molar-refractivity contribution is 5.81. The number of aromatic nitrogens is 2. The minimum Gasteiger partial charge on any atom is -0.497 e. The van der Waals surface area contributed by atoms with Gasteiger partial charge in [-0.25, -0.2) is 9.97 Å². The van der Waals surface area contributed by atoms with Crippen molar-refractivity contribution in [3.8, 4) is 11.6 Å². The number of anilines is 2. The van der Waals surface area contributed by atoms with Gasteiger partial charge < -0.3 is 24.2 Å². The summed E-state index contributed by atoms with van der Waals surface area (Å²) in [5.74, 6) is 2.29. The van der Waals surface area contributed by atoms with Gasteiger partial charge in [-0.15, -0.1) is 0 Å². The van der Waals surface area contributed by atoms with Crippen LogP contribution in [-0.2, 0) is 4.79 Å². The molecule has 2 aliphatic heterocycles. The lowest BCUT2D eigenvalue weighted by atomic mass is 9.96. The summed E-state index contributed by atoms with van der Waals surface area (Å²) in [7, 11) is 3.30. The number of amides is 1. The van der Waals surface area contributed by atoms with E-state index in [-0.39, 0.29) is 11.8 Å². The number of fused-ring (bicyclic) bond motifs is 1. The molecule has 178 valence electrons. The normalized spacial score (nSPS) is 18.8. The van der Waals surface area contributed by atoms with Gasteiger partial charge in [0.15, 0.2) is 5.82 Å². The first-order valence-electron chi connectivity index (χ1n) is 11.9. The Bertz CT molecular complexity index is 1140. The molecule has 1 aromatic heterocycles. The summed E-state index contributed by atoms with van der Waals surface area (Å²) < 4.78 is 10.8. The second kappa shape index (κ2) is 9.75. The average Bonchev–Trinajstić information content (AvgIpc) is 2.92. The van der Waals surface area contributed by atoms with E-state index in [2.05, 4.69) is 26.9 Å². The van der Waals surface area contributed by atoms with E-state index in [0.29, 0.717) is 12.4 Å². The molecule has 2 aliphatic rings. The summed E-state index contributed by atoms with van der Waals surface area (Å²) in [6.45, 7) is 4.62. The van der Waals surface area contributed by atoms with Crippen molar-refractivity contribution >= 4 is 28.4 Å². The Kier molecular flexibility index (Phi) is 6.38. The standard InChI is InChI=1S/C26H31N5O3/c1-33-21-11-9-20(10-12-21)29-14-16-30(17-15-29)26(32)19-6-5-13-31(18-19)24-25(34-2)28-23-8-4-3-7-22(23)27-24/h3-4,7-12,19H,5-6,13-18H2,1-2H3/t19-/m1/s1. The first kappa shape index (κ1) is 22.3. The Morgan fingerprint density at radius 2 is 1.56 bits per heavy atom. The van der Waals surface area contributed by atoms with E-state index in [1.807, 2.05) is 41.3 Å². The second-order valence-corrected chi connectivity index (χ2v) is 8.84. The van der Waals surface area contributed by atoms with E-state index in [1.54, 1.807) is 14.2 Å². The zero-order valence-corrected chi connectivity index (χ0v) is 19.8. The van der Waals surface area contributed by atoms with Gasteiger partial charge in [-0.2, -0.15) is 0 Å². The van der Waals surface area contributed by atoms with E-state index in [4.69, 9.17) is 14.5 Å². The third kappa shape index (κ3) is 4.44. The largest absolute Gasteiger partial charge is 0.497 e. The maximum atomic E-state index is 13.4. The molecule has 0 unspecified atom stereocenters. The molecule has 1 amide bonds. The zero-order chi connectivity index (χ0) is 23.5. The molecule has 0 N–H and O–H groups in total. The van der Waals surface area contributed by atoms with Crippen LogP contribution in [0, 0.1) is 5.92 Å². The molecule has 8 nitrogen and oxygen atoms in total. The van der Waals surface area contributed by atoms with Crippen LogP contribution in [0.2, 0.25) is 0 Å². The van der Waals surface area contributed by atoms with Crippen molar-refractivity contribution in [2.24, 2.45) is 5.92 Å². The van der Waals surface area contributed by atoms with Crippen LogP contribution < -0.4 is 19.3 Å². The van der Waals surface area contributed by atoms with Crippen LogP contribution in [0.3, 0.4) is 0 Å². The lowest BCUT2D eigenvalue weighted by Gasteiger charge is -2.40. The third-order valence-corrected chi connectivity index (χ3v) is 6.81. The Labute approximate surface area is 200 Å². The first-order valence-corrected chi connectivity index (χ1v) is 11.9. The van der Waals surface area contributed by atoms with Crippen molar-refractivity contribution in [2.45, 2.75) is 12.8 Å². The van der Waals surface area contributed by atoms with Crippen LogP contribution in [0.4, 0.5) is 11.5 Å². The van der Waals surface area contributed by atoms with E-state index in [0.717, 1.165) is 68.2 Å². The number of benzene rings is 2. The number of para-hydroxylation sites is 2. The van der Waals surface area contributed by atoms with Gasteiger partial charge in [0.25, 0.3) is 5.88 Å². The predicted octanol–water partition coefficient (Wildman–Crippen LogP) is 3.21. The van der Waals surface area contributed by atoms with Gasteiger partial charge in [0.1, 0.15) is 5.75 Å². The fraction of sp³-hybridized carbons (Fsp3) is 0.423. The highest BCUT2D eigenvalue weighted by Gasteiger charge is 2.32. The van der Waals surface area contributed by atoms with Crippen LogP contribution in [0.1, 0.15) is 12.8 Å². The van der Waals surface area contributed by atoms with E-state index in [9.17, 15) is 4.79 Å². The van der Waals surface area contributed by atoms with Gasteiger partial charge in [0, 0.05) is 45.0 Å². The highest BCUT2D eigenvalue weighted by Crippen LogP contribution is 2.31. The Balaban J connectivity index is 1.24. The molecule has 0 bridgehead atoms. The van der Waals surface area contributed by atoms with Gasteiger partial charge in [0.05, 0.1) is 31.2 Å². The summed E-state index contributed by atoms with van der Waals surface area (Å²) in [5, 5.41) is 0. The number of carbonyl (C=O) groups is 1. The van der Waals surface area contributed by atoms with Gasteiger partial charge in [-0.1, -0.05) is 12.1 Å². The van der Waals surface area contributed by atoms with E-state index in [1.165, 1.54) is 5.69 Å². The van der Waals surface area contributed by atoms with Crippen molar-refractivity contribution in [1.82, 2.24) is 14.9 Å². The van der Waals surface area contributed by atoms with Gasteiger partial charge in [0.2, 0.25) is 5.91 Å². The van der Waals surface area contributed by atoms with E-state index >= 15 is 0 Å². The summed E-state index contributed by atoms with van der Waals surface area (Å²) in [6.07, 6.45) is 1.84. The average molecular weight is 462 g/mol. The Hall–Kier alpha value is -3.55. The molecule has 1 atom stereocenters. The van der Waals surface area contributed by atoms with Crippen LogP contribution in [0.5, 0.6) is 11.6 Å². The second-order valence-electron chi connectivity index (χ2n) is 8.84. The maximum Gasteiger partial charge on any atom is 0.257 e. The molecule has 0 aliphatic carbocycles. The number of piperidine rings is 1. The van der Waals surface area contributed by atoms with Crippen molar-refractivity contribution in [2.75, 3.05) is 63.3 Å². The molecule has 3 aromatic rings. The quantitative estimate of drug-likeness (QED) is 0.578. The summed E-state index contributed by atoms with van der Waals surface area (Å²) in [4.78, 5) is 29.4. The van der Waals surface area contributed by atoms with Crippen molar-refractivity contribution in [1.29, 1.82) is 0 Å². The summed E-state index contributed by atoms with van der Waals surface area (Å²) in [6, 6.07) is 15.9. The molecule has 2 aromatic carbocycles. The minimum atomic E-state index is -0.0423. The van der Waals surface area contributed by atoms with Crippen LogP contribution in [0.15, 0.2) is 48.5 Å². The molecule has 8 heteroatoms. The minimum absolute atomic E-state index is 0.0423. The first-order chi connectivity index (χ1) is 16.7. The SMILES string of the molecule is COc1ccc(N2CCN(C(=O)[C@@H]3CCCN(c4nc5ccccc5nc4OC)C3)CC2)cc1. The molecule has 2 fully saturated rings. The number of hydrogen-bond acceptors (Lipinski definition) is 7. The fourth-order valence-corrected chi connectivity index (χ4v) is 4.92. The summed E-state index contributed by atoms with van der Waals surface area (Å²) in [5.41, 5.74) is 2.81. The summed E-state index contributed by atoms with van der Waals surface area (Å²) >= 11 is 0. The number of nitrogens with zero attached hydrogens (tertiary/aromatic N) is 5. The molecule has 34 heavy (non-hydrogen) atoms. The lowest BCUT2D eigenvalue weighted by Crippen LogP contribution is -2.52. The Morgan fingerprint density at radius 1 is 0.853 bits per heavy atom. The fourth-order valence-electron chi connectivity index (χ4n) is 4.92. The van der Waals surface area contributed by atoms with Crippen LogP contribution >= 0.6 is 0 Å². The van der Waals surface area contributed by atoms with Crippen LogP contribution in [0.25, 0.3) is 11.0 Å². The van der Waals surface area contributed by atoms with Crippen molar-refractivity contribution in [3.05, 3.63) is 48.5 Å². The number of carbonyl (C=O) groups excluding carboxylic acids is 1. The predicted molar refractivity (Wildman–Crippen MR) is 133 cm³/mol. The van der Waals surface area contributed by atoms with Crippen LogP contribution in [-0.4, -0.2) is 74.3 Å². The molecule has 0 saturated carbocycles. The monoisotopic (exact) mass is 461 g/mol. The lowest BCUT2D eigenvalue weighted by molar-refractivity contribution is -0.136. The molecule has 0 spiro atoms. The molecule has 0 radical (unpaired) electrons. The maximum absolute atomic E-state index is 13.4. The molecular weight excluding hydrogens is 430 g/mol. The van der Waals surface area contributed by atoms with Crippen molar-refractivity contribution < 1.29 is 14.3 Å². The highest BCUT2D eigenvalue weighted by atomic mass is 16.5. The van der Waals surface area contributed by atoms with Crippen molar-refractivity contribution in [3.63, 3.8) is 0 Å². The smallest absolute Gasteiger partial charge is 0.257 e.